The van der Waals surface area contributed by atoms with E-state index in [0.29, 0.717) is 18.8 Å². The van der Waals surface area contributed by atoms with Crippen molar-refractivity contribution in [1.82, 2.24) is 24.4 Å². The lowest BCUT2D eigenvalue weighted by atomic mass is 10.0. The monoisotopic (exact) mass is 349 g/mol. The van der Waals surface area contributed by atoms with Crippen molar-refractivity contribution in [3.8, 4) is 0 Å². The van der Waals surface area contributed by atoms with Gasteiger partial charge in [0.25, 0.3) is 5.56 Å². The van der Waals surface area contributed by atoms with Gasteiger partial charge < -0.3 is 15.0 Å². The van der Waals surface area contributed by atoms with Gasteiger partial charge in [-0.1, -0.05) is 0 Å². The minimum absolute atomic E-state index is 0.0788. The number of nitrogens with one attached hydrogen (secondary N) is 2. The molecule has 1 unspecified atom stereocenters. The van der Waals surface area contributed by atoms with Crippen molar-refractivity contribution in [1.29, 1.82) is 0 Å². The molecule has 1 aliphatic heterocycles. The van der Waals surface area contributed by atoms with Crippen molar-refractivity contribution in [3.63, 3.8) is 0 Å². The van der Waals surface area contributed by atoms with Gasteiger partial charge in [-0.15, -0.1) is 0 Å². The fourth-order valence-electron chi connectivity index (χ4n) is 3.13. The fraction of sp³-hybridized carbons (Fsp3) is 0.533. The molecule has 1 aliphatic rings. The van der Waals surface area contributed by atoms with Crippen LogP contribution < -0.4 is 11.2 Å². The molecule has 2 aromatic heterocycles. The second kappa shape index (κ2) is 6.54. The third-order valence-corrected chi connectivity index (χ3v) is 4.49. The average molecular weight is 349 g/mol. The molecule has 2 aromatic rings. The minimum Gasteiger partial charge on any atom is -0.480 e. The summed E-state index contributed by atoms with van der Waals surface area (Å²) >= 11 is 0. The third-order valence-electron chi connectivity index (χ3n) is 4.49. The number of amides is 1. The van der Waals surface area contributed by atoms with Crippen LogP contribution in [0.5, 0.6) is 0 Å². The number of H-pyrrole nitrogens is 2. The number of rotatable bonds is 4. The number of hydrogen-bond acceptors (Lipinski definition) is 5. The Morgan fingerprint density at radius 2 is 2.04 bits per heavy atom. The summed E-state index contributed by atoms with van der Waals surface area (Å²) in [5.74, 6) is -0.840. The van der Waals surface area contributed by atoms with E-state index in [1.165, 1.54) is 16.5 Å². The summed E-state index contributed by atoms with van der Waals surface area (Å²) in [6.07, 6.45) is 2.35. The van der Waals surface area contributed by atoms with Gasteiger partial charge >= 0.3 is 11.7 Å². The SMILES string of the molecule is Cn1c(=O)[nH]c(=O)c2[nH]c(CCC(=O)N3CCCCC3C(=O)O)nc21. The molecule has 1 saturated heterocycles. The van der Waals surface area contributed by atoms with Crippen molar-refractivity contribution in [3.05, 3.63) is 26.7 Å². The number of likely N-dealkylation sites (tertiary alicyclic amines) is 1. The molecule has 1 atom stereocenters. The molecule has 0 saturated carbocycles. The van der Waals surface area contributed by atoms with Crippen LogP contribution in [-0.4, -0.2) is 54.0 Å². The number of nitrogens with zero attached hydrogens (tertiary/aromatic N) is 3. The van der Waals surface area contributed by atoms with Gasteiger partial charge in [0.1, 0.15) is 17.4 Å². The molecule has 0 radical (unpaired) electrons. The summed E-state index contributed by atoms with van der Waals surface area (Å²) in [5.41, 5.74) is -0.738. The van der Waals surface area contributed by atoms with Gasteiger partial charge in [-0.2, -0.15) is 0 Å². The molecule has 10 heteroatoms. The standard InChI is InChI=1S/C15H19N5O5/c1-19-12-11(13(22)18-15(19)25)16-9(17-12)5-6-10(21)20-7-3-2-4-8(20)14(23)24/h8H,2-7H2,1H3,(H,16,17)(H,23,24)(H,18,22,25). The molecule has 3 N–H and O–H groups in total. The van der Waals surface area contributed by atoms with Gasteiger partial charge in [-0.05, 0) is 19.3 Å². The Labute approximate surface area is 141 Å². The van der Waals surface area contributed by atoms with Crippen LogP contribution in [0.3, 0.4) is 0 Å². The van der Waals surface area contributed by atoms with Gasteiger partial charge in [0.2, 0.25) is 5.91 Å². The number of fused-ring (bicyclic) bond motifs is 1. The summed E-state index contributed by atoms with van der Waals surface area (Å²) in [6.45, 7) is 0.435. The molecular formula is C15H19N5O5. The predicted octanol–water partition coefficient (Wildman–Crippen LogP) is -0.652. The molecule has 1 amide bonds. The van der Waals surface area contributed by atoms with Crippen LogP contribution in [0.15, 0.2) is 9.59 Å². The number of imidazole rings is 1. The lowest BCUT2D eigenvalue weighted by Gasteiger charge is -2.33. The van der Waals surface area contributed by atoms with Crippen LogP contribution in [0, 0.1) is 0 Å². The molecule has 3 heterocycles. The number of carboxylic acids is 1. The normalized spacial score (nSPS) is 17.8. The molecular weight excluding hydrogens is 330 g/mol. The van der Waals surface area contributed by atoms with Crippen LogP contribution in [0.2, 0.25) is 0 Å². The van der Waals surface area contributed by atoms with Crippen molar-refractivity contribution < 1.29 is 14.7 Å². The number of carboxylic acid groups (broad SMARTS) is 1. The van der Waals surface area contributed by atoms with E-state index < -0.39 is 23.3 Å². The Morgan fingerprint density at radius 1 is 1.28 bits per heavy atom. The summed E-state index contributed by atoms with van der Waals surface area (Å²) in [7, 11) is 1.49. The van der Waals surface area contributed by atoms with Crippen LogP contribution in [0.1, 0.15) is 31.5 Å². The van der Waals surface area contributed by atoms with Crippen LogP contribution in [0.4, 0.5) is 0 Å². The first-order valence-corrected chi connectivity index (χ1v) is 8.08. The Kier molecular flexibility index (Phi) is 4.43. The zero-order chi connectivity index (χ0) is 18.1. The van der Waals surface area contributed by atoms with E-state index in [1.54, 1.807) is 0 Å². The molecule has 0 aromatic carbocycles. The van der Waals surface area contributed by atoms with E-state index in [0.717, 1.165) is 12.8 Å². The first-order chi connectivity index (χ1) is 11.9. The highest BCUT2D eigenvalue weighted by molar-refractivity contribution is 5.84. The van der Waals surface area contributed by atoms with E-state index in [4.69, 9.17) is 0 Å². The summed E-state index contributed by atoms with van der Waals surface area (Å²) < 4.78 is 1.21. The quantitative estimate of drug-likeness (QED) is 0.670. The van der Waals surface area contributed by atoms with E-state index in [2.05, 4.69) is 15.0 Å². The van der Waals surface area contributed by atoms with Gasteiger partial charge in [-0.3, -0.25) is 19.1 Å². The average Bonchev–Trinajstić information content (AvgIpc) is 3.02. The highest BCUT2D eigenvalue weighted by Crippen LogP contribution is 2.19. The molecule has 10 nitrogen and oxygen atoms in total. The lowest BCUT2D eigenvalue weighted by Crippen LogP contribution is -2.48. The number of hydrogen-bond donors (Lipinski definition) is 3. The summed E-state index contributed by atoms with van der Waals surface area (Å²) in [5, 5.41) is 9.24. The molecule has 0 aliphatic carbocycles. The number of aromatic nitrogens is 4. The van der Waals surface area contributed by atoms with Crippen molar-refractivity contribution >= 4 is 23.0 Å². The van der Waals surface area contributed by atoms with E-state index in [1.807, 2.05) is 0 Å². The van der Waals surface area contributed by atoms with Crippen molar-refractivity contribution in [2.75, 3.05) is 6.54 Å². The fourth-order valence-corrected chi connectivity index (χ4v) is 3.13. The molecule has 0 bridgehead atoms. The minimum atomic E-state index is -0.988. The Morgan fingerprint density at radius 3 is 2.76 bits per heavy atom. The van der Waals surface area contributed by atoms with Crippen LogP contribution in [0.25, 0.3) is 11.2 Å². The predicted molar refractivity (Wildman–Crippen MR) is 87.3 cm³/mol. The summed E-state index contributed by atoms with van der Waals surface area (Å²) in [4.78, 5) is 57.6. The van der Waals surface area contributed by atoms with E-state index in [-0.39, 0.29) is 29.9 Å². The van der Waals surface area contributed by atoms with Gasteiger partial charge in [0.15, 0.2) is 5.65 Å². The molecule has 134 valence electrons. The maximum Gasteiger partial charge on any atom is 0.329 e. The second-order valence-electron chi connectivity index (χ2n) is 6.14. The largest absolute Gasteiger partial charge is 0.480 e. The zero-order valence-corrected chi connectivity index (χ0v) is 13.7. The number of carbonyl (C=O) groups is 2. The molecule has 25 heavy (non-hydrogen) atoms. The Hall–Kier alpha value is -2.91. The van der Waals surface area contributed by atoms with Gasteiger partial charge in [0, 0.05) is 26.4 Å². The summed E-state index contributed by atoms with van der Waals surface area (Å²) in [6, 6.07) is -0.777. The highest BCUT2D eigenvalue weighted by Gasteiger charge is 2.31. The van der Waals surface area contributed by atoms with Crippen LogP contribution >= 0.6 is 0 Å². The number of aromatic amines is 2. The number of piperidine rings is 1. The smallest absolute Gasteiger partial charge is 0.329 e. The molecule has 3 rings (SSSR count). The zero-order valence-electron chi connectivity index (χ0n) is 13.7. The number of carbonyl (C=O) groups excluding carboxylic acids is 1. The Bertz CT molecular complexity index is 940. The van der Waals surface area contributed by atoms with Crippen LogP contribution in [-0.2, 0) is 23.1 Å². The first-order valence-electron chi connectivity index (χ1n) is 8.08. The van der Waals surface area contributed by atoms with Gasteiger partial charge in [0.05, 0.1) is 0 Å². The third kappa shape index (κ3) is 3.19. The molecule has 1 fully saturated rings. The maximum atomic E-state index is 12.4. The first kappa shape index (κ1) is 16.9. The van der Waals surface area contributed by atoms with Crippen molar-refractivity contribution in [2.24, 2.45) is 7.05 Å². The number of aliphatic carboxylic acids is 1. The topological polar surface area (TPSA) is 141 Å². The lowest BCUT2D eigenvalue weighted by molar-refractivity contribution is -0.152. The van der Waals surface area contributed by atoms with E-state index in [9.17, 15) is 24.3 Å². The van der Waals surface area contributed by atoms with Gasteiger partial charge in [-0.25, -0.2) is 14.6 Å². The van der Waals surface area contributed by atoms with Crippen molar-refractivity contribution in [2.45, 2.75) is 38.1 Å². The maximum absolute atomic E-state index is 12.4. The van der Waals surface area contributed by atoms with E-state index >= 15 is 0 Å². The Balaban J connectivity index is 1.76. The molecule has 0 spiro atoms. The second-order valence-corrected chi connectivity index (χ2v) is 6.14. The number of aryl methyl sites for hydroxylation is 2. The highest BCUT2D eigenvalue weighted by atomic mass is 16.4.